The molecule has 6 nitrogen and oxygen atoms in total. The van der Waals surface area contributed by atoms with Crippen LogP contribution in [0.5, 0.6) is 5.75 Å². The van der Waals surface area contributed by atoms with E-state index in [-0.39, 0.29) is 17.3 Å². The molecule has 3 heterocycles. The predicted octanol–water partition coefficient (Wildman–Crippen LogP) is 1.25. The van der Waals surface area contributed by atoms with Gasteiger partial charge < -0.3 is 19.7 Å². The maximum absolute atomic E-state index is 12.7. The summed E-state index contributed by atoms with van der Waals surface area (Å²) < 4.78 is 11.5. The number of hydrogen-bond donors (Lipinski definition) is 1. The summed E-state index contributed by atoms with van der Waals surface area (Å²) in [5.41, 5.74) is 0.720. The van der Waals surface area contributed by atoms with E-state index < -0.39 is 0 Å². The van der Waals surface area contributed by atoms with Gasteiger partial charge in [0.15, 0.2) is 5.78 Å². The lowest BCUT2D eigenvalue weighted by Crippen LogP contribution is -2.49. The van der Waals surface area contributed by atoms with Gasteiger partial charge in [-0.05, 0) is 31.3 Å². The van der Waals surface area contributed by atoms with Crippen LogP contribution >= 0.6 is 0 Å². The van der Waals surface area contributed by atoms with Crippen LogP contribution in [0.2, 0.25) is 0 Å². The van der Waals surface area contributed by atoms with Gasteiger partial charge in [-0.1, -0.05) is 0 Å². The second-order valence-corrected chi connectivity index (χ2v) is 6.75. The van der Waals surface area contributed by atoms with Gasteiger partial charge in [0.1, 0.15) is 11.4 Å². The van der Waals surface area contributed by atoms with Crippen LogP contribution in [-0.4, -0.2) is 61.6 Å². The highest BCUT2D eigenvalue weighted by Crippen LogP contribution is 2.38. The molecule has 4 rings (SSSR count). The summed E-state index contributed by atoms with van der Waals surface area (Å²) in [4.78, 5) is 27.0. The molecular weight excluding hydrogens is 308 g/mol. The summed E-state index contributed by atoms with van der Waals surface area (Å²) in [6.07, 6.45) is 2.08. The van der Waals surface area contributed by atoms with Gasteiger partial charge in [0, 0.05) is 31.5 Å². The van der Waals surface area contributed by atoms with E-state index in [4.69, 9.17) is 9.47 Å². The van der Waals surface area contributed by atoms with Crippen LogP contribution in [0.1, 0.15) is 40.0 Å². The number of nitrogens with one attached hydrogen (secondary N) is 1. The lowest BCUT2D eigenvalue weighted by Gasteiger charge is -2.41. The fourth-order valence-corrected chi connectivity index (χ4v) is 3.74. The zero-order valence-electron chi connectivity index (χ0n) is 13.7. The molecule has 0 unspecified atom stereocenters. The van der Waals surface area contributed by atoms with Gasteiger partial charge >= 0.3 is 0 Å². The Morgan fingerprint density at radius 3 is 2.67 bits per heavy atom. The summed E-state index contributed by atoms with van der Waals surface area (Å²) in [6, 6.07) is 5.25. The maximum Gasteiger partial charge on any atom is 0.254 e. The number of amides is 1. The van der Waals surface area contributed by atoms with Crippen LogP contribution < -0.4 is 10.1 Å². The topological polar surface area (TPSA) is 67.9 Å². The SMILES string of the molecule is O=C1CC2(CCNCC2)Oc2ccc(C(=O)N3CCOCC3)cc21. The van der Waals surface area contributed by atoms with Crippen molar-refractivity contribution in [1.29, 1.82) is 0 Å². The summed E-state index contributed by atoms with van der Waals surface area (Å²) in [6.45, 7) is 4.06. The number of carbonyl (C=O) groups is 2. The van der Waals surface area contributed by atoms with Crippen molar-refractivity contribution in [3.63, 3.8) is 0 Å². The number of ether oxygens (including phenoxy) is 2. The quantitative estimate of drug-likeness (QED) is 0.839. The van der Waals surface area contributed by atoms with Crippen molar-refractivity contribution in [3.8, 4) is 5.75 Å². The lowest BCUT2D eigenvalue weighted by molar-refractivity contribution is 0.0187. The molecule has 1 spiro atoms. The van der Waals surface area contributed by atoms with Gasteiger partial charge in [0.2, 0.25) is 0 Å². The maximum atomic E-state index is 12.7. The van der Waals surface area contributed by atoms with Gasteiger partial charge in [-0.15, -0.1) is 0 Å². The number of carbonyl (C=O) groups excluding carboxylic acids is 2. The van der Waals surface area contributed by atoms with E-state index in [1.54, 1.807) is 23.1 Å². The molecule has 6 heteroatoms. The van der Waals surface area contributed by atoms with Crippen LogP contribution in [0.3, 0.4) is 0 Å². The Morgan fingerprint density at radius 2 is 1.92 bits per heavy atom. The normalized spacial score (nSPS) is 22.8. The Balaban J connectivity index is 1.58. The van der Waals surface area contributed by atoms with Crippen molar-refractivity contribution in [2.45, 2.75) is 24.9 Å². The van der Waals surface area contributed by atoms with Crippen molar-refractivity contribution in [1.82, 2.24) is 10.2 Å². The summed E-state index contributed by atoms with van der Waals surface area (Å²) in [5.74, 6) is 0.650. The molecule has 0 saturated carbocycles. The monoisotopic (exact) mass is 330 g/mol. The molecule has 1 N–H and O–H groups in total. The fourth-order valence-electron chi connectivity index (χ4n) is 3.74. The number of piperidine rings is 1. The van der Waals surface area contributed by atoms with Crippen LogP contribution in [0.4, 0.5) is 0 Å². The average molecular weight is 330 g/mol. The Labute approximate surface area is 141 Å². The van der Waals surface area contributed by atoms with E-state index in [9.17, 15) is 9.59 Å². The molecule has 0 atom stereocenters. The number of hydrogen-bond acceptors (Lipinski definition) is 5. The lowest BCUT2D eigenvalue weighted by atomic mass is 9.82. The minimum Gasteiger partial charge on any atom is -0.486 e. The Hall–Kier alpha value is -1.92. The van der Waals surface area contributed by atoms with Gasteiger partial charge in [-0.2, -0.15) is 0 Å². The fraction of sp³-hybridized carbons (Fsp3) is 0.556. The Bertz CT molecular complexity index is 661. The second kappa shape index (κ2) is 6.18. The first-order valence-corrected chi connectivity index (χ1v) is 8.61. The predicted molar refractivity (Wildman–Crippen MR) is 87.6 cm³/mol. The number of ketones is 1. The zero-order chi connectivity index (χ0) is 16.6. The molecule has 1 aromatic rings. The van der Waals surface area contributed by atoms with Gasteiger partial charge in [-0.25, -0.2) is 0 Å². The minimum atomic E-state index is -0.370. The molecule has 0 radical (unpaired) electrons. The van der Waals surface area contributed by atoms with Crippen molar-refractivity contribution in [3.05, 3.63) is 29.3 Å². The molecule has 1 aromatic carbocycles. The number of morpholine rings is 1. The van der Waals surface area contributed by atoms with Gasteiger partial charge in [0.05, 0.1) is 25.2 Å². The van der Waals surface area contributed by atoms with Crippen molar-refractivity contribution in [2.75, 3.05) is 39.4 Å². The summed E-state index contributed by atoms with van der Waals surface area (Å²) in [5, 5.41) is 3.30. The molecule has 0 aromatic heterocycles. The first kappa shape index (κ1) is 15.6. The molecule has 0 bridgehead atoms. The molecule has 3 aliphatic rings. The third kappa shape index (κ3) is 2.80. The largest absolute Gasteiger partial charge is 0.486 e. The highest BCUT2D eigenvalue weighted by Gasteiger charge is 2.41. The molecule has 2 fully saturated rings. The highest BCUT2D eigenvalue weighted by molar-refractivity contribution is 6.03. The molecule has 3 aliphatic heterocycles. The van der Waals surface area contributed by atoms with E-state index in [1.165, 1.54) is 0 Å². The van der Waals surface area contributed by atoms with Crippen molar-refractivity contribution in [2.24, 2.45) is 0 Å². The molecular formula is C18H22N2O4. The second-order valence-electron chi connectivity index (χ2n) is 6.75. The highest BCUT2D eigenvalue weighted by atomic mass is 16.5. The van der Waals surface area contributed by atoms with Gasteiger partial charge in [0.25, 0.3) is 5.91 Å². The number of Topliss-reactive ketones (excluding diaryl/α,β-unsaturated/α-hetero) is 1. The summed E-state index contributed by atoms with van der Waals surface area (Å²) >= 11 is 0. The van der Waals surface area contributed by atoms with Crippen LogP contribution in [-0.2, 0) is 4.74 Å². The first-order chi connectivity index (χ1) is 11.7. The standard InChI is InChI=1S/C18H22N2O4/c21-15-12-18(3-5-19-6-4-18)24-16-2-1-13(11-14(15)16)17(22)20-7-9-23-10-8-20/h1-2,11,19H,3-10,12H2. The minimum absolute atomic E-state index is 0.0453. The van der Waals surface area contributed by atoms with Gasteiger partial charge in [-0.3, -0.25) is 9.59 Å². The molecule has 1 amide bonds. The van der Waals surface area contributed by atoms with E-state index in [1.807, 2.05) is 0 Å². The smallest absolute Gasteiger partial charge is 0.254 e. The van der Waals surface area contributed by atoms with E-state index >= 15 is 0 Å². The average Bonchev–Trinajstić information content (AvgIpc) is 2.62. The molecule has 2 saturated heterocycles. The van der Waals surface area contributed by atoms with E-state index in [0.717, 1.165) is 25.9 Å². The molecule has 0 aliphatic carbocycles. The zero-order valence-corrected chi connectivity index (χ0v) is 13.7. The third-order valence-corrected chi connectivity index (χ3v) is 5.15. The Morgan fingerprint density at radius 1 is 1.17 bits per heavy atom. The number of fused-ring (bicyclic) bond motifs is 1. The third-order valence-electron chi connectivity index (χ3n) is 5.15. The van der Waals surface area contributed by atoms with E-state index in [2.05, 4.69) is 5.32 Å². The van der Waals surface area contributed by atoms with Crippen molar-refractivity contribution < 1.29 is 19.1 Å². The molecule has 24 heavy (non-hydrogen) atoms. The molecule has 128 valence electrons. The van der Waals surface area contributed by atoms with Crippen LogP contribution in [0, 0.1) is 0 Å². The number of nitrogens with zero attached hydrogens (tertiary/aromatic N) is 1. The summed E-state index contributed by atoms with van der Waals surface area (Å²) in [7, 11) is 0. The van der Waals surface area contributed by atoms with Crippen molar-refractivity contribution >= 4 is 11.7 Å². The Kier molecular flexibility index (Phi) is 4.02. The first-order valence-electron chi connectivity index (χ1n) is 8.61. The van der Waals surface area contributed by atoms with E-state index in [0.29, 0.717) is 49.6 Å². The van der Waals surface area contributed by atoms with Crippen LogP contribution in [0.15, 0.2) is 18.2 Å². The number of rotatable bonds is 1. The van der Waals surface area contributed by atoms with Crippen LogP contribution in [0.25, 0.3) is 0 Å². The number of benzene rings is 1.